The Hall–Kier alpha value is -0.540. The number of likely N-dealkylation sites (tertiary alicyclic amines) is 1. The second-order valence-electron chi connectivity index (χ2n) is 4.81. The minimum Gasteiger partial charge on any atom is -0.391 e. The van der Waals surface area contributed by atoms with Crippen molar-refractivity contribution in [1.29, 1.82) is 0 Å². The zero-order valence-corrected chi connectivity index (χ0v) is 10.9. The predicted molar refractivity (Wildman–Crippen MR) is 71.9 cm³/mol. The van der Waals surface area contributed by atoms with Crippen molar-refractivity contribution >= 4 is 16.3 Å². The molecule has 1 aromatic heterocycles. The quantitative estimate of drug-likeness (QED) is 0.876. The van der Waals surface area contributed by atoms with E-state index in [1.54, 1.807) is 11.3 Å². The van der Waals surface area contributed by atoms with E-state index in [-0.39, 0.29) is 0 Å². The van der Waals surface area contributed by atoms with E-state index in [0.29, 0.717) is 6.04 Å². The van der Waals surface area contributed by atoms with Crippen LogP contribution in [0.5, 0.6) is 0 Å². The molecule has 0 radical (unpaired) electrons. The van der Waals surface area contributed by atoms with Crippen LogP contribution >= 0.6 is 11.3 Å². The highest BCUT2D eigenvalue weighted by molar-refractivity contribution is 7.15. The molecule has 0 amide bonds. The third kappa shape index (κ3) is 3.22. The molecule has 2 N–H and O–H groups in total. The Labute approximate surface area is 102 Å². The van der Waals surface area contributed by atoms with E-state index in [4.69, 9.17) is 5.73 Å². The average Bonchev–Trinajstić information content (AvgIpc) is 2.56. The fourth-order valence-corrected chi connectivity index (χ4v) is 3.36. The van der Waals surface area contributed by atoms with Crippen molar-refractivity contribution < 1.29 is 0 Å². The van der Waals surface area contributed by atoms with Crippen molar-refractivity contribution in [1.82, 2.24) is 4.90 Å². The second-order valence-corrected chi connectivity index (χ2v) is 6.01. The van der Waals surface area contributed by atoms with E-state index >= 15 is 0 Å². The van der Waals surface area contributed by atoms with Gasteiger partial charge in [-0.05, 0) is 51.4 Å². The van der Waals surface area contributed by atoms with Crippen LogP contribution in [-0.4, -0.2) is 24.0 Å². The smallest absolute Gasteiger partial charge is 0.0859 e. The molecule has 1 aromatic rings. The van der Waals surface area contributed by atoms with E-state index < -0.39 is 0 Å². The summed E-state index contributed by atoms with van der Waals surface area (Å²) < 4.78 is 0. The SMILES string of the molecule is CC(Cc1ccc(N)s1)N1CCCCCC1. The average molecular weight is 238 g/mol. The first-order chi connectivity index (χ1) is 7.75. The Kier molecular flexibility index (Phi) is 4.24. The first-order valence-corrected chi connectivity index (χ1v) is 7.15. The third-order valence-corrected chi connectivity index (χ3v) is 4.38. The van der Waals surface area contributed by atoms with Gasteiger partial charge in [0.15, 0.2) is 0 Å². The molecule has 90 valence electrons. The van der Waals surface area contributed by atoms with Crippen LogP contribution in [0.25, 0.3) is 0 Å². The normalized spacial score (nSPS) is 20.6. The van der Waals surface area contributed by atoms with Crippen LogP contribution in [0.2, 0.25) is 0 Å². The molecule has 1 aliphatic heterocycles. The summed E-state index contributed by atoms with van der Waals surface area (Å²) >= 11 is 1.74. The summed E-state index contributed by atoms with van der Waals surface area (Å²) in [6.07, 6.45) is 6.72. The van der Waals surface area contributed by atoms with Crippen LogP contribution in [0.15, 0.2) is 12.1 Å². The van der Waals surface area contributed by atoms with Crippen LogP contribution in [-0.2, 0) is 6.42 Å². The Balaban J connectivity index is 1.88. The fourth-order valence-electron chi connectivity index (χ4n) is 2.46. The molecule has 0 aliphatic carbocycles. The van der Waals surface area contributed by atoms with Crippen LogP contribution in [0, 0.1) is 0 Å². The van der Waals surface area contributed by atoms with Gasteiger partial charge in [-0.3, -0.25) is 0 Å². The minimum atomic E-state index is 0.663. The second kappa shape index (κ2) is 5.69. The first kappa shape index (κ1) is 11.9. The molecular weight excluding hydrogens is 216 g/mol. The molecule has 1 atom stereocenters. The maximum atomic E-state index is 5.76. The Morgan fingerprint density at radius 1 is 1.25 bits per heavy atom. The Morgan fingerprint density at radius 2 is 1.94 bits per heavy atom. The van der Waals surface area contributed by atoms with Gasteiger partial charge in [-0.2, -0.15) is 0 Å². The summed E-state index contributed by atoms with van der Waals surface area (Å²) in [6, 6.07) is 4.86. The minimum absolute atomic E-state index is 0.663. The maximum Gasteiger partial charge on any atom is 0.0859 e. The summed E-state index contributed by atoms with van der Waals surface area (Å²) in [4.78, 5) is 4.07. The molecule has 1 fully saturated rings. The lowest BCUT2D eigenvalue weighted by Gasteiger charge is -2.27. The zero-order chi connectivity index (χ0) is 11.4. The van der Waals surface area contributed by atoms with E-state index in [0.717, 1.165) is 11.4 Å². The summed E-state index contributed by atoms with van der Waals surface area (Å²) in [7, 11) is 0. The monoisotopic (exact) mass is 238 g/mol. The molecule has 16 heavy (non-hydrogen) atoms. The molecule has 2 rings (SSSR count). The van der Waals surface area contributed by atoms with Gasteiger partial charge in [-0.1, -0.05) is 12.8 Å². The number of nitrogens with two attached hydrogens (primary N) is 1. The van der Waals surface area contributed by atoms with E-state index in [9.17, 15) is 0 Å². The molecule has 2 nitrogen and oxygen atoms in total. The van der Waals surface area contributed by atoms with Gasteiger partial charge in [0.25, 0.3) is 0 Å². The van der Waals surface area contributed by atoms with Crippen LogP contribution in [0.1, 0.15) is 37.5 Å². The lowest BCUT2D eigenvalue weighted by atomic mass is 10.1. The number of hydrogen-bond acceptors (Lipinski definition) is 3. The summed E-state index contributed by atoms with van der Waals surface area (Å²) in [6.45, 7) is 4.91. The summed E-state index contributed by atoms with van der Waals surface area (Å²) in [5, 5.41) is 0.943. The Bertz CT molecular complexity index is 313. The molecule has 1 aliphatic rings. The molecular formula is C13H22N2S. The fraction of sp³-hybridized carbons (Fsp3) is 0.692. The van der Waals surface area contributed by atoms with Crippen molar-refractivity contribution in [3.05, 3.63) is 17.0 Å². The summed E-state index contributed by atoms with van der Waals surface area (Å²) in [5.74, 6) is 0. The predicted octanol–water partition coefficient (Wildman–Crippen LogP) is 3.14. The van der Waals surface area contributed by atoms with Gasteiger partial charge in [-0.25, -0.2) is 0 Å². The largest absolute Gasteiger partial charge is 0.391 e. The lowest BCUT2D eigenvalue weighted by Crippen LogP contribution is -2.35. The highest BCUT2D eigenvalue weighted by Gasteiger charge is 2.16. The van der Waals surface area contributed by atoms with Crippen molar-refractivity contribution in [2.24, 2.45) is 0 Å². The number of nitrogens with zero attached hydrogens (tertiary/aromatic N) is 1. The molecule has 0 aromatic carbocycles. The third-order valence-electron chi connectivity index (χ3n) is 3.44. The van der Waals surface area contributed by atoms with Crippen molar-refractivity contribution in [3.8, 4) is 0 Å². The molecule has 1 unspecified atom stereocenters. The number of nitrogen functional groups attached to an aromatic ring is 1. The Morgan fingerprint density at radius 3 is 2.50 bits per heavy atom. The van der Waals surface area contributed by atoms with Crippen molar-refractivity contribution in [2.75, 3.05) is 18.8 Å². The van der Waals surface area contributed by atoms with Gasteiger partial charge in [-0.15, -0.1) is 11.3 Å². The highest BCUT2D eigenvalue weighted by Crippen LogP contribution is 2.22. The van der Waals surface area contributed by atoms with Gasteiger partial charge in [0.1, 0.15) is 0 Å². The zero-order valence-electron chi connectivity index (χ0n) is 10.1. The van der Waals surface area contributed by atoms with E-state index in [1.807, 2.05) is 6.07 Å². The van der Waals surface area contributed by atoms with Gasteiger partial charge < -0.3 is 10.6 Å². The number of hydrogen-bond donors (Lipinski definition) is 1. The first-order valence-electron chi connectivity index (χ1n) is 6.34. The molecule has 3 heteroatoms. The van der Waals surface area contributed by atoms with Gasteiger partial charge in [0.05, 0.1) is 5.00 Å². The molecule has 0 saturated carbocycles. The lowest BCUT2D eigenvalue weighted by molar-refractivity contribution is 0.216. The van der Waals surface area contributed by atoms with Gasteiger partial charge >= 0.3 is 0 Å². The van der Waals surface area contributed by atoms with E-state index in [1.165, 1.54) is 43.6 Å². The molecule has 0 bridgehead atoms. The van der Waals surface area contributed by atoms with Crippen LogP contribution in [0.4, 0.5) is 5.00 Å². The molecule has 2 heterocycles. The van der Waals surface area contributed by atoms with Gasteiger partial charge in [0.2, 0.25) is 0 Å². The number of anilines is 1. The number of thiophene rings is 1. The van der Waals surface area contributed by atoms with Crippen LogP contribution in [0.3, 0.4) is 0 Å². The van der Waals surface area contributed by atoms with Gasteiger partial charge in [0, 0.05) is 10.9 Å². The standard InChI is InChI=1S/C13H22N2S/c1-11(10-12-6-7-13(14)16-12)15-8-4-2-3-5-9-15/h6-7,11H,2-5,8-10,14H2,1H3. The highest BCUT2D eigenvalue weighted by atomic mass is 32.1. The topological polar surface area (TPSA) is 29.3 Å². The van der Waals surface area contributed by atoms with Crippen molar-refractivity contribution in [2.45, 2.75) is 45.1 Å². The molecule has 0 spiro atoms. The maximum absolute atomic E-state index is 5.76. The number of rotatable bonds is 3. The van der Waals surface area contributed by atoms with Crippen LogP contribution < -0.4 is 5.73 Å². The van der Waals surface area contributed by atoms with E-state index in [2.05, 4.69) is 17.9 Å². The van der Waals surface area contributed by atoms with Crippen molar-refractivity contribution in [3.63, 3.8) is 0 Å². The molecule has 1 saturated heterocycles. The summed E-state index contributed by atoms with van der Waals surface area (Å²) in [5.41, 5.74) is 5.76.